The highest BCUT2D eigenvalue weighted by Crippen LogP contribution is 2.31. The summed E-state index contributed by atoms with van der Waals surface area (Å²) in [5.41, 5.74) is 3.02. The summed E-state index contributed by atoms with van der Waals surface area (Å²) in [6.45, 7) is 4.56. The van der Waals surface area contributed by atoms with E-state index in [9.17, 15) is 18.6 Å². The number of anilines is 3. The molecule has 2 aromatic carbocycles. The van der Waals surface area contributed by atoms with E-state index in [1.165, 1.54) is 0 Å². The average Bonchev–Trinajstić information content (AvgIpc) is 3.55. The summed E-state index contributed by atoms with van der Waals surface area (Å²) in [7, 11) is -3.09. The van der Waals surface area contributed by atoms with Crippen molar-refractivity contribution in [2.45, 2.75) is 25.2 Å². The van der Waals surface area contributed by atoms with E-state index in [1.807, 2.05) is 36.6 Å². The van der Waals surface area contributed by atoms with E-state index >= 15 is 0 Å². The van der Waals surface area contributed by atoms with Crippen molar-refractivity contribution in [3.8, 4) is 10.4 Å². The minimum atomic E-state index is -3.09. The van der Waals surface area contributed by atoms with Crippen LogP contribution in [0.4, 0.5) is 22.2 Å². The highest BCUT2D eigenvalue weighted by molar-refractivity contribution is 7.99. The van der Waals surface area contributed by atoms with Crippen molar-refractivity contribution < 1.29 is 23.3 Å². The summed E-state index contributed by atoms with van der Waals surface area (Å²) in [5, 5.41) is 13.9. The summed E-state index contributed by atoms with van der Waals surface area (Å²) in [5.74, 6) is 4.00. The fraction of sp³-hybridized carbons (Fsp3) is 0.226. The minimum Gasteiger partial charge on any atom is -0.449 e. The number of amides is 3. The molecular weight excluding hydrogens is 615 g/mol. The third kappa shape index (κ3) is 9.78. The molecule has 4 aromatic rings. The largest absolute Gasteiger partial charge is 0.449 e. The number of aromatic nitrogens is 2. The van der Waals surface area contributed by atoms with Gasteiger partial charge < -0.3 is 26.0 Å². The van der Waals surface area contributed by atoms with Crippen LogP contribution in [0.15, 0.2) is 77.1 Å². The number of nitrogens with zero attached hydrogens (tertiary/aromatic N) is 2. The number of rotatable bonds is 14. The lowest BCUT2D eigenvalue weighted by Gasteiger charge is -2.14. The molecule has 0 fully saturated rings. The lowest BCUT2D eigenvalue weighted by atomic mass is 10.1. The molecule has 0 spiro atoms. The molecule has 236 valence electrons. The Morgan fingerprint density at radius 3 is 2.44 bits per heavy atom. The molecule has 0 aliphatic carbocycles. The third-order valence-electron chi connectivity index (χ3n) is 6.28. The van der Waals surface area contributed by atoms with E-state index < -0.39 is 15.8 Å². The van der Waals surface area contributed by atoms with Crippen LogP contribution in [0.5, 0.6) is 0 Å². The van der Waals surface area contributed by atoms with Crippen molar-refractivity contribution in [3.05, 3.63) is 83.4 Å². The van der Waals surface area contributed by atoms with Crippen LogP contribution in [0, 0.1) is 6.92 Å². The molecule has 0 saturated carbocycles. The van der Waals surface area contributed by atoms with Crippen molar-refractivity contribution >= 4 is 62.3 Å². The van der Waals surface area contributed by atoms with Crippen molar-refractivity contribution in [1.82, 2.24) is 25.3 Å². The normalized spacial score (nSPS) is 12.0. The quantitative estimate of drug-likeness (QED) is 0.0988. The summed E-state index contributed by atoms with van der Waals surface area (Å²) in [4.78, 5) is 46.6. The maximum atomic E-state index is 12.8. The number of carbonyl (C=O) groups excluding carboxylic acids is 3. The van der Waals surface area contributed by atoms with E-state index in [0.29, 0.717) is 47.4 Å². The van der Waals surface area contributed by atoms with Crippen molar-refractivity contribution in [3.63, 3.8) is 0 Å². The number of aryl methyl sites for hydroxylation is 1. The zero-order chi connectivity index (χ0) is 32.2. The fourth-order valence-electron chi connectivity index (χ4n) is 3.98. The summed E-state index contributed by atoms with van der Waals surface area (Å²) in [6, 6.07) is 17.6. The van der Waals surface area contributed by atoms with E-state index in [-0.39, 0.29) is 25.0 Å². The first kappa shape index (κ1) is 33.0. The average molecular weight is 650 g/mol. The van der Waals surface area contributed by atoms with Gasteiger partial charge in [0.05, 0.1) is 28.4 Å². The highest BCUT2D eigenvalue weighted by Gasteiger charge is 2.14. The summed E-state index contributed by atoms with van der Waals surface area (Å²) >= 11 is 1.56. The molecule has 0 aliphatic heterocycles. The molecule has 14 heteroatoms. The molecule has 12 nitrogen and oxygen atoms in total. The Kier molecular flexibility index (Phi) is 11.5. The number of hydrogen-bond acceptors (Lipinski definition) is 10. The van der Waals surface area contributed by atoms with Crippen LogP contribution in [-0.2, 0) is 19.2 Å². The molecule has 2 heterocycles. The predicted molar refractivity (Wildman–Crippen MR) is 178 cm³/mol. The van der Waals surface area contributed by atoms with Gasteiger partial charge in [0.1, 0.15) is 5.82 Å². The molecule has 45 heavy (non-hydrogen) atoms. The van der Waals surface area contributed by atoms with Crippen molar-refractivity contribution in [2.75, 3.05) is 36.9 Å². The van der Waals surface area contributed by atoms with Crippen molar-refractivity contribution in [1.29, 1.82) is 0 Å². The van der Waals surface area contributed by atoms with Crippen LogP contribution < -0.4 is 26.0 Å². The number of benzene rings is 2. The van der Waals surface area contributed by atoms with Gasteiger partial charge in [0, 0.05) is 40.3 Å². The zero-order valence-corrected chi connectivity index (χ0v) is 26.6. The highest BCUT2D eigenvalue weighted by atomic mass is 32.2. The zero-order valence-electron chi connectivity index (χ0n) is 24.9. The molecule has 0 saturated heterocycles. The van der Waals surface area contributed by atoms with Gasteiger partial charge in [-0.1, -0.05) is 23.8 Å². The first-order valence-corrected chi connectivity index (χ1v) is 16.7. The molecule has 4 rings (SSSR count). The monoisotopic (exact) mass is 649 g/mol. The fourth-order valence-corrected chi connectivity index (χ4v) is 5.74. The maximum Gasteiger partial charge on any atom is 0.418 e. The Balaban J connectivity index is 1.31. The number of ether oxygens (including phenoxy) is 1. The van der Waals surface area contributed by atoms with Gasteiger partial charge in [-0.3, -0.25) is 9.59 Å². The molecule has 2 aromatic heterocycles. The van der Waals surface area contributed by atoms with Crippen LogP contribution in [-0.4, -0.2) is 64.2 Å². The lowest BCUT2D eigenvalue weighted by Crippen LogP contribution is -2.37. The topological polar surface area (TPSA) is 163 Å². The van der Waals surface area contributed by atoms with E-state index in [1.54, 1.807) is 60.9 Å². The SMILES string of the molecule is C=S(=O)(NC(=O)OCC)c1ccc(Nc2ncc(-c3cccs3)c(NCCCNC(=O)CNC(=O)c3ccc(C)cc3)n2)cc1. The van der Waals surface area contributed by atoms with Gasteiger partial charge in [0.2, 0.25) is 11.9 Å². The number of thiophene rings is 1. The van der Waals surface area contributed by atoms with Crippen molar-refractivity contribution in [2.24, 2.45) is 0 Å². The molecule has 5 N–H and O–H groups in total. The molecule has 1 unspecified atom stereocenters. The lowest BCUT2D eigenvalue weighted by molar-refractivity contribution is -0.120. The summed E-state index contributed by atoms with van der Waals surface area (Å²) in [6.07, 6.45) is 1.53. The molecule has 0 radical (unpaired) electrons. The van der Waals surface area contributed by atoms with E-state index in [0.717, 1.165) is 16.0 Å². The number of nitrogens with one attached hydrogen (secondary N) is 5. The summed E-state index contributed by atoms with van der Waals surface area (Å²) < 4.78 is 19.9. The van der Waals surface area contributed by atoms with Crippen LogP contribution >= 0.6 is 11.3 Å². The van der Waals surface area contributed by atoms with Gasteiger partial charge in [0.15, 0.2) is 0 Å². The second kappa shape index (κ2) is 15.7. The third-order valence-corrected chi connectivity index (χ3v) is 8.71. The maximum absolute atomic E-state index is 12.8. The Morgan fingerprint density at radius 2 is 1.76 bits per heavy atom. The van der Waals surface area contributed by atoms with Crippen LogP contribution in [0.3, 0.4) is 0 Å². The predicted octanol–water partition coefficient (Wildman–Crippen LogP) is 4.34. The number of hydrogen-bond donors (Lipinski definition) is 5. The smallest absolute Gasteiger partial charge is 0.418 e. The van der Waals surface area contributed by atoms with E-state index in [4.69, 9.17) is 4.74 Å². The molecule has 3 amide bonds. The first-order chi connectivity index (χ1) is 21.6. The van der Waals surface area contributed by atoms with Crippen LogP contribution in [0.25, 0.3) is 10.4 Å². The Bertz CT molecular complexity index is 1710. The van der Waals surface area contributed by atoms with Gasteiger partial charge in [0.25, 0.3) is 5.91 Å². The minimum absolute atomic E-state index is 0.113. The standard InChI is InChI=1S/C31H35N7O5S2/c1-4-43-31(41)38-45(3,42)24-14-12-23(13-15-24)36-30-35-19-25(26-7-5-18-44-26)28(37-30)33-17-6-16-32-27(39)20-34-29(40)22-10-8-21(2)9-11-22/h5,7-15,18-19H,3-4,6,16-17,20H2,1-2H3,(H,32,39)(H,34,40)(H,38,41,42)(H2,33,35,36,37). The van der Waals surface area contributed by atoms with Gasteiger partial charge in [-0.25, -0.2) is 18.7 Å². The van der Waals surface area contributed by atoms with Crippen LogP contribution in [0.1, 0.15) is 29.3 Å². The van der Waals surface area contributed by atoms with Gasteiger partial charge in [-0.05, 0) is 74.0 Å². The molecule has 0 aliphatic rings. The number of carbonyl (C=O) groups is 3. The Morgan fingerprint density at radius 1 is 1.00 bits per heavy atom. The Hall–Kier alpha value is -4.95. The van der Waals surface area contributed by atoms with Crippen LogP contribution in [0.2, 0.25) is 0 Å². The molecule has 1 atom stereocenters. The Labute approximate surface area is 266 Å². The van der Waals surface area contributed by atoms with E-state index in [2.05, 4.69) is 41.8 Å². The molecule has 0 bridgehead atoms. The van der Waals surface area contributed by atoms with Gasteiger partial charge >= 0.3 is 6.09 Å². The van der Waals surface area contributed by atoms with Gasteiger partial charge in [-0.2, -0.15) is 4.98 Å². The second-order valence-electron chi connectivity index (χ2n) is 9.76. The van der Waals surface area contributed by atoms with Gasteiger partial charge in [-0.15, -0.1) is 11.3 Å². The first-order valence-electron chi connectivity index (χ1n) is 14.1. The second-order valence-corrected chi connectivity index (χ2v) is 12.7. The molecular formula is C31H35N7O5S2.